The first-order valence-corrected chi connectivity index (χ1v) is 4.83. The van der Waals surface area contributed by atoms with Crippen molar-refractivity contribution in [1.29, 1.82) is 0 Å². The minimum absolute atomic E-state index is 0.422. The van der Waals surface area contributed by atoms with Crippen molar-refractivity contribution in [2.24, 2.45) is 5.41 Å². The Hall–Kier alpha value is -1.58. The molecule has 0 aromatic heterocycles. The summed E-state index contributed by atoms with van der Waals surface area (Å²) in [5.41, 5.74) is 1.70. The lowest BCUT2D eigenvalue weighted by molar-refractivity contribution is -0.134. The first-order chi connectivity index (χ1) is 7.04. The Kier molecular flexibility index (Phi) is 8.08. The fraction of sp³-hybridized carbons (Fsp3) is 0.500. The van der Waals surface area contributed by atoms with Crippen LogP contribution in [0.3, 0.4) is 0 Å². The van der Waals surface area contributed by atoms with Crippen molar-refractivity contribution in [3.63, 3.8) is 0 Å². The fourth-order valence-electron chi connectivity index (χ4n) is 1.05. The van der Waals surface area contributed by atoms with Gasteiger partial charge in [0, 0.05) is 12.2 Å². The Labute approximate surface area is 96.3 Å². The molecule has 0 heterocycles. The first-order valence-electron chi connectivity index (χ1n) is 4.83. The molecule has 92 valence electrons. The average Bonchev–Trinajstić information content (AvgIpc) is 1.96. The van der Waals surface area contributed by atoms with Crippen LogP contribution in [0.25, 0.3) is 0 Å². The van der Waals surface area contributed by atoms with Gasteiger partial charge in [0.15, 0.2) is 0 Å². The molecule has 16 heavy (non-hydrogen) atoms. The van der Waals surface area contributed by atoms with Crippen LogP contribution in [0, 0.1) is 5.41 Å². The summed E-state index contributed by atoms with van der Waals surface area (Å²) < 4.78 is 0. The lowest BCUT2D eigenvalue weighted by Crippen LogP contribution is -2.03. The number of aliphatic carboxylic acids is 2. The van der Waals surface area contributed by atoms with E-state index < -0.39 is 11.9 Å². The number of carboxylic acids is 2. The molecule has 0 amide bonds. The second-order valence-electron chi connectivity index (χ2n) is 4.70. The van der Waals surface area contributed by atoms with Crippen LogP contribution in [-0.4, -0.2) is 22.2 Å². The van der Waals surface area contributed by atoms with Crippen molar-refractivity contribution in [3.8, 4) is 0 Å². The van der Waals surface area contributed by atoms with Gasteiger partial charge in [0.05, 0.1) is 0 Å². The lowest BCUT2D eigenvalue weighted by Gasteiger charge is -2.17. The van der Waals surface area contributed by atoms with Crippen molar-refractivity contribution in [2.75, 3.05) is 0 Å². The SMILES string of the molecule is C=C(C)CC(C)(C)C.O=C(O)/C=C\C(=O)O. The van der Waals surface area contributed by atoms with Gasteiger partial charge in [0.2, 0.25) is 0 Å². The summed E-state index contributed by atoms with van der Waals surface area (Å²) >= 11 is 0. The molecule has 0 unspecified atom stereocenters. The molecule has 0 atom stereocenters. The monoisotopic (exact) mass is 228 g/mol. The van der Waals surface area contributed by atoms with Gasteiger partial charge in [0.25, 0.3) is 0 Å². The van der Waals surface area contributed by atoms with Gasteiger partial charge < -0.3 is 10.2 Å². The van der Waals surface area contributed by atoms with Crippen molar-refractivity contribution >= 4 is 11.9 Å². The van der Waals surface area contributed by atoms with Crippen molar-refractivity contribution in [1.82, 2.24) is 0 Å². The topological polar surface area (TPSA) is 74.6 Å². The molecular weight excluding hydrogens is 208 g/mol. The van der Waals surface area contributed by atoms with Gasteiger partial charge in [-0.15, -0.1) is 6.58 Å². The molecule has 0 bridgehead atoms. The van der Waals surface area contributed by atoms with Crippen LogP contribution >= 0.6 is 0 Å². The highest BCUT2D eigenvalue weighted by Gasteiger charge is 2.08. The van der Waals surface area contributed by atoms with Gasteiger partial charge in [-0.3, -0.25) is 0 Å². The second kappa shape index (κ2) is 7.68. The van der Waals surface area contributed by atoms with E-state index in [1.165, 1.54) is 5.57 Å². The number of hydrogen-bond acceptors (Lipinski definition) is 2. The van der Waals surface area contributed by atoms with Crippen LogP contribution < -0.4 is 0 Å². The first kappa shape index (κ1) is 16.8. The summed E-state index contributed by atoms with van der Waals surface area (Å²) in [5.74, 6) is -2.51. The van der Waals surface area contributed by atoms with Gasteiger partial charge in [-0.25, -0.2) is 9.59 Å². The predicted molar refractivity (Wildman–Crippen MR) is 63.3 cm³/mol. The fourth-order valence-corrected chi connectivity index (χ4v) is 1.05. The van der Waals surface area contributed by atoms with Crippen LogP contribution in [0.1, 0.15) is 34.1 Å². The van der Waals surface area contributed by atoms with Crippen LogP contribution in [0.5, 0.6) is 0 Å². The van der Waals surface area contributed by atoms with Gasteiger partial charge in [-0.2, -0.15) is 0 Å². The molecule has 4 nitrogen and oxygen atoms in total. The van der Waals surface area contributed by atoms with E-state index in [0.717, 1.165) is 6.42 Å². The molecule has 0 aliphatic carbocycles. The molecule has 2 N–H and O–H groups in total. The van der Waals surface area contributed by atoms with E-state index in [1.807, 2.05) is 0 Å². The zero-order chi connectivity index (χ0) is 13.4. The van der Waals surface area contributed by atoms with E-state index >= 15 is 0 Å². The van der Waals surface area contributed by atoms with Gasteiger partial charge in [0.1, 0.15) is 0 Å². The second-order valence-corrected chi connectivity index (χ2v) is 4.70. The Bertz CT molecular complexity index is 266. The third kappa shape index (κ3) is 22.8. The minimum atomic E-state index is -1.26. The Morgan fingerprint density at radius 3 is 1.50 bits per heavy atom. The number of allylic oxidation sites excluding steroid dienone is 1. The van der Waals surface area contributed by atoms with Gasteiger partial charge in [-0.05, 0) is 18.8 Å². The Balaban J connectivity index is 0. The standard InChI is InChI=1S/C8H16.C4H4O4/c1-7(2)6-8(3,4)5;5-3(6)1-2-4(7)8/h1,6H2,2-5H3;1-2H,(H,5,6)(H,7,8)/b;2-1-. The van der Waals surface area contributed by atoms with E-state index in [4.69, 9.17) is 10.2 Å². The molecule has 0 aliphatic heterocycles. The zero-order valence-electron chi connectivity index (χ0n) is 10.3. The van der Waals surface area contributed by atoms with E-state index in [9.17, 15) is 9.59 Å². The van der Waals surface area contributed by atoms with E-state index in [2.05, 4.69) is 34.3 Å². The number of carbonyl (C=O) groups is 2. The normalized spacial score (nSPS) is 10.5. The molecule has 0 saturated heterocycles. The molecular formula is C12H20O4. The summed E-state index contributed by atoms with van der Waals surface area (Å²) in [6, 6.07) is 0. The molecule has 0 fully saturated rings. The van der Waals surface area contributed by atoms with Crippen LogP contribution in [0.15, 0.2) is 24.3 Å². The van der Waals surface area contributed by atoms with Crippen molar-refractivity contribution < 1.29 is 19.8 Å². The third-order valence-electron chi connectivity index (χ3n) is 1.20. The third-order valence-corrected chi connectivity index (χ3v) is 1.20. The maximum absolute atomic E-state index is 9.55. The maximum atomic E-state index is 9.55. The minimum Gasteiger partial charge on any atom is -0.478 e. The maximum Gasteiger partial charge on any atom is 0.328 e. The predicted octanol–water partition coefficient (Wildman–Crippen LogP) is 2.71. The summed E-state index contributed by atoms with van der Waals surface area (Å²) in [6.07, 6.45) is 2.25. The highest BCUT2D eigenvalue weighted by Crippen LogP contribution is 2.22. The van der Waals surface area contributed by atoms with Crippen LogP contribution in [0.2, 0.25) is 0 Å². The van der Waals surface area contributed by atoms with E-state index in [-0.39, 0.29) is 0 Å². The summed E-state index contributed by atoms with van der Waals surface area (Å²) in [6.45, 7) is 12.6. The number of rotatable bonds is 3. The highest BCUT2D eigenvalue weighted by molar-refractivity contribution is 5.89. The Morgan fingerprint density at radius 2 is 1.44 bits per heavy atom. The average molecular weight is 228 g/mol. The molecule has 0 rings (SSSR count). The summed E-state index contributed by atoms with van der Waals surface area (Å²) in [5, 5.41) is 15.6. The van der Waals surface area contributed by atoms with E-state index in [1.54, 1.807) is 0 Å². The van der Waals surface area contributed by atoms with Crippen LogP contribution in [0.4, 0.5) is 0 Å². The van der Waals surface area contributed by atoms with Gasteiger partial charge in [-0.1, -0.05) is 26.3 Å². The molecule has 0 aromatic carbocycles. The van der Waals surface area contributed by atoms with Crippen molar-refractivity contribution in [2.45, 2.75) is 34.1 Å². The zero-order valence-corrected chi connectivity index (χ0v) is 10.3. The largest absolute Gasteiger partial charge is 0.478 e. The molecule has 0 spiro atoms. The molecule has 0 radical (unpaired) electrons. The number of carboxylic acid groups (broad SMARTS) is 2. The highest BCUT2D eigenvalue weighted by atomic mass is 16.4. The van der Waals surface area contributed by atoms with E-state index in [0.29, 0.717) is 17.6 Å². The lowest BCUT2D eigenvalue weighted by atomic mass is 9.89. The van der Waals surface area contributed by atoms with Crippen LogP contribution in [-0.2, 0) is 9.59 Å². The quantitative estimate of drug-likeness (QED) is 0.575. The molecule has 0 aromatic rings. The molecule has 0 aliphatic rings. The summed E-state index contributed by atoms with van der Waals surface area (Å²) in [7, 11) is 0. The molecule has 4 heteroatoms. The smallest absolute Gasteiger partial charge is 0.328 e. The summed E-state index contributed by atoms with van der Waals surface area (Å²) in [4.78, 5) is 19.1. The number of hydrogen-bond donors (Lipinski definition) is 2. The molecule has 0 saturated carbocycles. The van der Waals surface area contributed by atoms with Crippen molar-refractivity contribution in [3.05, 3.63) is 24.3 Å². The van der Waals surface area contributed by atoms with Gasteiger partial charge >= 0.3 is 11.9 Å². The Morgan fingerprint density at radius 1 is 1.12 bits per heavy atom.